The molecule has 17 heavy (non-hydrogen) atoms. The maximum Gasteiger partial charge on any atom is 0.0882 e. The summed E-state index contributed by atoms with van der Waals surface area (Å²) in [4.78, 5) is 8.72. The van der Waals surface area contributed by atoms with E-state index in [1.165, 1.54) is 5.56 Å². The molecular weight excluding hydrogens is 208 g/mol. The van der Waals surface area contributed by atoms with E-state index in [-0.39, 0.29) is 0 Å². The largest absolute Gasteiger partial charge is 0.255 e. The lowest BCUT2D eigenvalue weighted by Gasteiger charge is -2.05. The molecule has 0 aromatic carbocycles. The van der Waals surface area contributed by atoms with Crippen LogP contribution in [0.5, 0.6) is 0 Å². The molecule has 0 radical (unpaired) electrons. The lowest BCUT2D eigenvalue weighted by Crippen LogP contribution is -1.96. The number of hydrogen-bond donors (Lipinski definition) is 0. The molecule has 1 aromatic heterocycles. The van der Waals surface area contributed by atoms with Crippen LogP contribution in [0.1, 0.15) is 32.0 Å². The standard InChI is InChI=1S/C15H20N2/c1-5-9-16-14(6-2)15-8-7-13(11-17-15)10-12(3)4/h5-9,11-12H,1,10H2,2-4H3/b14-6-,16-9?. The molecular formula is C15H20N2. The van der Waals surface area contributed by atoms with E-state index < -0.39 is 0 Å². The molecule has 0 aliphatic heterocycles. The van der Waals surface area contributed by atoms with Crippen LogP contribution in [-0.2, 0) is 6.42 Å². The van der Waals surface area contributed by atoms with Crippen molar-refractivity contribution < 1.29 is 0 Å². The van der Waals surface area contributed by atoms with Crippen LogP contribution >= 0.6 is 0 Å². The number of rotatable bonds is 5. The van der Waals surface area contributed by atoms with Gasteiger partial charge in [0.05, 0.1) is 11.4 Å². The second-order valence-electron chi connectivity index (χ2n) is 4.34. The van der Waals surface area contributed by atoms with Crippen LogP contribution in [-0.4, -0.2) is 11.2 Å². The predicted molar refractivity (Wildman–Crippen MR) is 75.1 cm³/mol. The molecule has 0 aliphatic carbocycles. The molecule has 0 saturated heterocycles. The molecule has 2 heteroatoms. The van der Waals surface area contributed by atoms with E-state index >= 15 is 0 Å². The minimum absolute atomic E-state index is 0.655. The van der Waals surface area contributed by atoms with Crippen LogP contribution in [0.4, 0.5) is 0 Å². The van der Waals surface area contributed by atoms with Crippen LogP contribution in [0.3, 0.4) is 0 Å². The predicted octanol–water partition coefficient (Wildman–Crippen LogP) is 3.90. The summed E-state index contributed by atoms with van der Waals surface area (Å²) in [7, 11) is 0. The van der Waals surface area contributed by atoms with Crippen molar-refractivity contribution in [1.82, 2.24) is 4.98 Å². The number of allylic oxidation sites excluding steroid dienone is 2. The van der Waals surface area contributed by atoms with Crippen molar-refractivity contribution in [2.45, 2.75) is 27.2 Å². The first kappa shape index (κ1) is 13.4. The van der Waals surface area contributed by atoms with Crippen molar-refractivity contribution in [2.75, 3.05) is 0 Å². The third kappa shape index (κ3) is 4.35. The van der Waals surface area contributed by atoms with E-state index in [9.17, 15) is 0 Å². The maximum absolute atomic E-state index is 4.44. The molecule has 0 aliphatic rings. The first-order valence-electron chi connectivity index (χ1n) is 5.94. The second-order valence-corrected chi connectivity index (χ2v) is 4.34. The maximum atomic E-state index is 4.44. The molecule has 1 heterocycles. The van der Waals surface area contributed by atoms with E-state index in [0.717, 1.165) is 17.8 Å². The highest BCUT2D eigenvalue weighted by molar-refractivity contribution is 5.78. The summed E-state index contributed by atoms with van der Waals surface area (Å²) < 4.78 is 0. The first-order chi connectivity index (χ1) is 8.17. The highest BCUT2D eigenvalue weighted by Gasteiger charge is 2.02. The van der Waals surface area contributed by atoms with Crippen molar-refractivity contribution in [3.8, 4) is 0 Å². The van der Waals surface area contributed by atoms with Gasteiger partial charge in [0, 0.05) is 12.4 Å². The van der Waals surface area contributed by atoms with Crippen LogP contribution in [0.25, 0.3) is 5.70 Å². The van der Waals surface area contributed by atoms with E-state index in [1.54, 1.807) is 12.3 Å². The Kier molecular flexibility index (Phi) is 5.34. The summed E-state index contributed by atoms with van der Waals surface area (Å²) >= 11 is 0. The van der Waals surface area contributed by atoms with Gasteiger partial charge in [-0.25, -0.2) is 0 Å². The third-order valence-electron chi connectivity index (χ3n) is 2.32. The Morgan fingerprint density at radius 3 is 2.71 bits per heavy atom. The molecule has 0 spiro atoms. The van der Waals surface area contributed by atoms with Gasteiger partial charge in [0.15, 0.2) is 0 Å². The van der Waals surface area contributed by atoms with Gasteiger partial charge in [0.1, 0.15) is 0 Å². The van der Waals surface area contributed by atoms with E-state index in [2.05, 4.69) is 36.5 Å². The van der Waals surface area contributed by atoms with Crippen molar-refractivity contribution in [3.63, 3.8) is 0 Å². The van der Waals surface area contributed by atoms with Gasteiger partial charge < -0.3 is 0 Å². The molecule has 0 N–H and O–H groups in total. The molecule has 0 amide bonds. The Hall–Kier alpha value is -1.70. The normalized spacial score (nSPS) is 12.4. The Bertz CT molecular complexity index is 411. The molecule has 0 unspecified atom stereocenters. The van der Waals surface area contributed by atoms with Gasteiger partial charge in [0.25, 0.3) is 0 Å². The molecule has 0 atom stereocenters. The monoisotopic (exact) mass is 228 g/mol. The van der Waals surface area contributed by atoms with Crippen LogP contribution in [0.15, 0.2) is 42.1 Å². The van der Waals surface area contributed by atoms with Crippen molar-refractivity contribution in [1.29, 1.82) is 0 Å². The van der Waals surface area contributed by atoms with Gasteiger partial charge in [-0.2, -0.15) is 0 Å². The summed E-state index contributed by atoms with van der Waals surface area (Å²) in [5.41, 5.74) is 3.05. The van der Waals surface area contributed by atoms with Gasteiger partial charge in [-0.3, -0.25) is 9.98 Å². The van der Waals surface area contributed by atoms with Crippen molar-refractivity contribution in [2.24, 2.45) is 10.9 Å². The van der Waals surface area contributed by atoms with Gasteiger partial charge in [0.2, 0.25) is 0 Å². The number of aliphatic imine (C=N–C) groups is 1. The number of hydrogen-bond acceptors (Lipinski definition) is 2. The lowest BCUT2D eigenvalue weighted by molar-refractivity contribution is 0.645. The molecule has 90 valence electrons. The summed E-state index contributed by atoms with van der Waals surface area (Å²) in [6.07, 6.45) is 8.29. The van der Waals surface area contributed by atoms with E-state index in [1.807, 2.05) is 25.3 Å². The number of aromatic nitrogens is 1. The molecule has 1 aromatic rings. The summed E-state index contributed by atoms with van der Waals surface area (Å²) in [5.74, 6) is 0.655. The van der Waals surface area contributed by atoms with Crippen LogP contribution in [0, 0.1) is 5.92 Å². The van der Waals surface area contributed by atoms with Crippen molar-refractivity contribution in [3.05, 3.63) is 48.3 Å². The topological polar surface area (TPSA) is 25.2 Å². The third-order valence-corrected chi connectivity index (χ3v) is 2.32. The van der Waals surface area contributed by atoms with Gasteiger partial charge in [-0.05, 0) is 30.9 Å². The zero-order valence-corrected chi connectivity index (χ0v) is 10.9. The summed E-state index contributed by atoms with van der Waals surface area (Å²) in [5, 5.41) is 0. The SMILES string of the molecule is C=CC=N/C(=C\C)c1ccc(CC(C)C)cn1. The fourth-order valence-electron chi connectivity index (χ4n) is 1.59. The minimum atomic E-state index is 0.655. The second kappa shape index (κ2) is 6.79. The zero-order chi connectivity index (χ0) is 12.7. The Balaban J connectivity index is 2.85. The summed E-state index contributed by atoms with van der Waals surface area (Å²) in [6.45, 7) is 9.98. The van der Waals surface area contributed by atoms with E-state index in [0.29, 0.717) is 5.92 Å². The van der Waals surface area contributed by atoms with Crippen LogP contribution in [0.2, 0.25) is 0 Å². The fraction of sp³-hybridized carbons (Fsp3) is 0.333. The Labute approximate surface area is 104 Å². The quantitative estimate of drug-likeness (QED) is 0.702. The fourth-order valence-corrected chi connectivity index (χ4v) is 1.59. The van der Waals surface area contributed by atoms with Crippen molar-refractivity contribution >= 4 is 11.9 Å². The average molecular weight is 228 g/mol. The number of nitrogens with zero attached hydrogens (tertiary/aromatic N) is 2. The highest BCUT2D eigenvalue weighted by Crippen LogP contribution is 2.14. The van der Waals surface area contributed by atoms with E-state index in [4.69, 9.17) is 0 Å². The van der Waals surface area contributed by atoms with Gasteiger partial charge >= 0.3 is 0 Å². The first-order valence-corrected chi connectivity index (χ1v) is 5.94. The van der Waals surface area contributed by atoms with Crippen LogP contribution < -0.4 is 0 Å². The molecule has 1 rings (SSSR count). The molecule has 0 bridgehead atoms. The van der Waals surface area contributed by atoms with Gasteiger partial charge in [-0.1, -0.05) is 38.6 Å². The Morgan fingerprint density at radius 2 is 2.24 bits per heavy atom. The lowest BCUT2D eigenvalue weighted by atomic mass is 10.0. The smallest absolute Gasteiger partial charge is 0.0882 e. The molecule has 0 saturated carbocycles. The molecule has 2 nitrogen and oxygen atoms in total. The average Bonchev–Trinajstić information content (AvgIpc) is 2.31. The highest BCUT2D eigenvalue weighted by atomic mass is 14.8. The number of pyridine rings is 1. The summed E-state index contributed by atoms with van der Waals surface area (Å²) in [6, 6.07) is 4.14. The zero-order valence-electron chi connectivity index (χ0n) is 10.9. The minimum Gasteiger partial charge on any atom is -0.255 e. The van der Waals surface area contributed by atoms with Gasteiger partial charge in [-0.15, -0.1) is 0 Å². The molecule has 0 fully saturated rings. The Morgan fingerprint density at radius 1 is 1.47 bits per heavy atom.